The third-order valence-electron chi connectivity index (χ3n) is 7.18. The molecule has 2 saturated heterocycles. The Morgan fingerprint density at radius 2 is 1.81 bits per heavy atom. The molecule has 4 atom stereocenters. The van der Waals surface area contributed by atoms with Crippen LogP contribution in [0.15, 0.2) is 48.5 Å². The van der Waals surface area contributed by atoms with Crippen LogP contribution in [0, 0.1) is 11.8 Å². The lowest BCUT2D eigenvalue weighted by molar-refractivity contribution is -0.152. The fraction of sp³-hybridized carbons (Fsp3) is 0.407. The number of ether oxygens (including phenoxy) is 1. The maximum atomic E-state index is 14.0. The molecule has 2 heterocycles. The Hall–Kier alpha value is -3.17. The molecule has 2 fully saturated rings. The van der Waals surface area contributed by atoms with Crippen LogP contribution in [0.2, 0.25) is 0 Å². The van der Waals surface area contributed by atoms with Gasteiger partial charge in [0.05, 0.1) is 24.6 Å². The highest BCUT2D eigenvalue weighted by Crippen LogP contribution is 2.51. The van der Waals surface area contributed by atoms with Gasteiger partial charge in [0.15, 0.2) is 5.78 Å². The van der Waals surface area contributed by atoms with Gasteiger partial charge < -0.3 is 9.64 Å². The summed E-state index contributed by atoms with van der Waals surface area (Å²) >= 11 is 1.56. The summed E-state index contributed by atoms with van der Waals surface area (Å²) in [5.74, 6) is -2.72. The molecule has 2 aromatic rings. The van der Waals surface area contributed by atoms with Crippen LogP contribution in [0.25, 0.3) is 0 Å². The molecule has 8 nitrogen and oxygen atoms in total. The van der Waals surface area contributed by atoms with Gasteiger partial charge in [-0.3, -0.25) is 24.5 Å². The third kappa shape index (κ3) is 4.20. The molecular formula is C27H31N3O5S. The number of Topliss-reactive ketones (excluding diaryl/α,β-unsaturated/α-hetero) is 1. The molecule has 36 heavy (non-hydrogen) atoms. The number of nitrogens with one attached hydrogen (secondary N) is 1. The molecule has 0 radical (unpaired) electrons. The lowest BCUT2D eigenvalue weighted by atomic mass is 9.78. The van der Waals surface area contributed by atoms with Crippen molar-refractivity contribution in [1.82, 2.24) is 5.32 Å². The molecule has 4 unspecified atom stereocenters. The molecule has 0 aromatic heterocycles. The number of hydrogen-bond donors (Lipinski definition) is 1. The Bertz CT molecular complexity index is 1200. The number of nitrogens with zero attached hydrogens (tertiary/aromatic N) is 2. The second kappa shape index (κ2) is 10.1. The van der Waals surface area contributed by atoms with Crippen molar-refractivity contribution in [1.29, 1.82) is 0 Å². The molecule has 0 saturated carbocycles. The number of benzene rings is 2. The number of carbonyl (C=O) groups excluding carboxylic acids is 4. The summed E-state index contributed by atoms with van der Waals surface area (Å²) in [6.45, 7) is 1.43. The van der Waals surface area contributed by atoms with Gasteiger partial charge >= 0.3 is 5.97 Å². The lowest BCUT2D eigenvalue weighted by Crippen LogP contribution is -2.56. The molecule has 4 rings (SSSR count). The van der Waals surface area contributed by atoms with E-state index in [9.17, 15) is 19.2 Å². The summed E-state index contributed by atoms with van der Waals surface area (Å²) < 4.78 is 5.21. The molecule has 0 spiro atoms. The molecule has 0 aliphatic carbocycles. The minimum atomic E-state index is -1.35. The fourth-order valence-electron chi connectivity index (χ4n) is 5.35. The van der Waals surface area contributed by atoms with Gasteiger partial charge in [0, 0.05) is 31.4 Å². The summed E-state index contributed by atoms with van der Waals surface area (Å²) in [5.41, 5.74) is 1.18. The van der Waals surface area contributed by atoms with Crippen molar-refractivity contribution in [3.05, 3.63) is 59.7 Å². The van der Waals surface area contributed by atoms with E-state index in [0.717, 1.165) is 16.2 Å². The zero-order valence-corrected chi connectivity index (χ0v) is 21.9. The predicted octanol–water partition coefficient (Wildman–Crippen LogP) is 3.07. The van der Waals surface area contributed by atoms with Crippen molar-refractivity contribution >= 4 is 46.7 Å². The first-order chi connectivity index (χ1) is 17.2. The van der Waals surface area contributed by atoms with Crippen LogP contribution < -0.4 is 15.1 Å². The number of amides is 2. The van der Waals surface area contributed by atoms with Crippen LogP contribution in [-0.4, -0.2) is 62.3 Å². The average molecular weight is 510 g/mol. The number of rotatable bonds is 8. The van der Waals surface area contributed by atoms with Gasteiger partial charge in [0.1, 0.15) is 5.54 Å². The average Bonchev–Trinajstić information content (AvgIpc) is 3.36. The molecule has 2 aromatic carbocycles. The zero-order chi connectivity index (χ0) is 26.2. The van der Waals surface area contributed by atoms with Crippen LogP contribution in [0.4, 0.5) is 11.4 Å². The molecule has 2 aliphatic rings. The number of methoxy groups -OCH3 is 1. The lowest BCUT2D eigenvalue weighted by Gasteiger charge is -2.32. The smallest absolute Gasteiger partial charge is 0.326 e. The van der Waals surface area contributed by atoms with Gasteiger partial charge in [-0.15, -0.1) is 0 Å². The summed E-state index contributed by atoms with van der Waals surface area (Å²) in [5, 5.41) is 3.40. The van der Waals surface area contributed by atoms with E-state index in [1.807, 2.05) is 49.5 Å². The van der Waals surface area contributed by atoms with Crippen molar-refractivity contribution in [3.8, 4) is 0 Å². The van der Waals surface area contributed by atoms with Crippen molar-refractivity contribution in [3.63, 3.8) is 0 Å². The van der Waals surface area contributed by atoms with Gasteiger partial charge in [-0.2, -0.15) is 11.8 Å². The minimum absolute atomic E-state index is 0.166. The second-order valence-corrected chi connectivity index (χ2v) is 10.4. The van der Waals surface area contributed by atoms with Crippen LogP contribution >= 0.6 is 11.8 Å². The minimum Gasteiger partial charge on any atom is -0.468 e. The van der Waals surface area contributed by atoms with Gasteiger partial charge in [-0.25, -0.2) is 4.90 Å². The number of esters is 1. The number of hydrogen-bond acceptors (Lipinski definition) is 8. The van der Waals surface area contributed by atoms with Crippen molar-refractivity contribution in [2.75, 3.05) is 43.0 Å². The summed E-state index contributed by atoms with van der Waals surface area (Å²) in [6.07, 6.45) is 2.25. The third-order valence-corrected chi connectivity index (χ3v) is 7.80. The number of carbonyl (C=O) groups is 4. The standard InChI is InChI=1S/C27H31N3O5S/c1-16(31)18-7-6-8-20(15-18)30-24(32)21-22(25(30)33)27(13-14-36-5,26(34)35-4)28-23(21)17-9-11-19(12-10-17)29(2)3/h6-12,15,21-23,28H,13-14H2,1-5H3. The summed E-state index contributed by atoms with van der Waals surface area (Å²) in [6, 6.07) is 13.6. The first-order valence-corrected chi connectivity index (χ1v) is 13.2. The Balaban J connectivity index is 1.84. The number of imide groups is 1. The monoisotopic (exact) mass is 509 g/mol. The van der Waals surface area contributed by atoms with Crippen LogP contribution in [-0.2, 0) is 19.1 Å². The van der Waals surface area contributed by atoms with Crippen LogP contribution in [0.5, 0.6) is 0 Å². The Labute approximate surface area is 215 Å². The van der Waals surface area contributed by atoms with E-state index in [1.54, 1.807) is 36.0 Å². The van der Waals surface area contributed by atoms with Crippen molar-refractivity contribution in [2.24, 2.45) is 11.8 Å². The van der Waals surface area contributed by atoms with Crippen LogP contribution in [0.1, 0.15) is 35.3 Å². The van der Waals surface area contributed by atoms with Crippen molar-refractivity contribution < 1.29 is 23.9 Å². The number of ketones is 1. The highest BCUT2D eigenvalue weighted by atomic mass is 32.2. The van der Waals surface area contributed by atoms with Gasteiger partial charge in [0.25, 0.3) is 0 Å². The molecule has 2 aliphatic heterocycles. The summed E-state index contributed by atoms with van der Waals surface area (Å²) in [4.78, 5) is 56.3. The zero-order valence-electron chi connectivity index (χ0n) is 21.1. The highest BCUT2D eigenvalue weighted by Gasteiger charge is 2.68. The molecular weight excluding hydrogens is 478 g/mol. The maximum Gasteiger partial charge on any atom is 0.326 e. The molecule has 0 bridgehead atoms. The topological polar surface area (TPSA) is 96.0 Å². The quantitative estimate of drug-likeness (QED) is 0.330. The molecule has 190 valence electrons. The van der Waals surface area contributed by atoms with E-state index >= 15 is 0 Å². The predicted molar refractivity (Wildman–Crippen MR) is 140 cm³/mol. The normalized spacial score (nSPS) is 25.1. The van der Waals surface area contributed by atoms with E-state index in [2.05, 4.69) is 5.32 Å². The van der Waals surface area contributed by atoms with Crippen LogP contribution in [0.3, 0.4) is 0 Å². The highest BCUT2D eigenvalue weighted by molar-refractivity contribution is 7.98. The van der Waals surface area contributed by atoms with E-state index in [-0.39, 0.29) is 5.78 Å². The van der Waals surface area contributed by atoms with E-state index < -0.39 is 41.2 Å². The van der Waals surface area contributed by atoms with E-state index in [0.29, 0.717) is 23.4 Å². The van der Waals surface area contributed by atoms with E-state index in [1.165, 1.54) is 14.0 Å². The molecule has 9 heteroatoms. The van der Waals surface area contributed by atoms with E-state index in [4.69, 9.17) is 4.74 Å². The Kier molecular flexibility index (Phi) is 7.24. The van der Waals surface area contributed by atoms with Gasteiger partial charge in [0.2, 0.25) is 11.8 Å². The SMILES string of the molecule is COC(=O)C1(CCSC)NC(c2ccc(N(C)C)cc2)C2C(=O)N(c3cccc(C(C)=O)c3)C(=O)C21. The first-order valence-electron chi connectivity index (χ1n) is 11.8. The second-order valence-electron chi connectivity index (χ2n) is 9.44. The molecule has 1 N–H and O–H groups in total. The molecule has 2 amide bonds. The fourth-order valence-corrected chi connectivity index (χ4v) is 5.88. The van der Waals surface area contributed by atoms with Crippen molar-refractivity contribution in [2.45, 2.75) is 24.9 Å². The van der Waals surface area contributed by atoms with Gasteiger partial charge in [-0.1, -0.05) is 24.3 Å². The number of fused-ring (bicyclic) bond motifs is 1. The maximum absolute atomic E-state index is 14.0. The first kappa shape index (κ1) is 25.9. The Morgan fingerprint density at radius 1 is 1.11 bits per heavy atom. The summed E-state index contributed by atoms with van der Waals surface area (Å²) in [7, 11) is 5.18. The number of thioether (sulfide) groups is 1. The number of anilines is 2. The Morgan fingerprint density at radius 3 is 2.39 bits per heavy atom. The largest absolute Gasteiger partial charge is 0.468 e. The van der Waals surface area contributed by atoms with Gasteiger partial charge in [-0.05, 0) is 55.2 Å².